The SMILES string of the molecule is C=C(CO)CO.CCC(=O)O.CCC(=O)O. The van der Waals surface area contributed by atoms with E-state index in [1.54, 1.807) is 13.8 Å². The number of carboxylic acid groups (broad SMARTS) is 2. The third kappa shape index (κ3) is 38.9. The van der Waals surface area contributed by atoms with Crippen molar-refractivity contribution in [3.8, 4) is 0 Å². The Morgan fingerprint density at radius 1 is 0.938 bits per heavy atom. The normalized spacial score (nSPS) is 7.75. The van der Waals surface area contributed by atoms with E-state index in [0.29, 0.717) is 5.57 Å². The number of carbonyl (C=O) groups is 2. The van der Waals surface area contributed by atoms with Crippen molar-refractivity contribution in [3.05, 3.63) is 12.2 Å². The van der Waals surface area contributed by atoms with Crippen molar-refractivity contribution in [1.82, 2.24) is 0 Å². The minimum absolute atomic E-state index is 0.115. The maximum absolute atomic E-state index is 9.37. The summed E-state index contributed by atoms with van der Waals surface area (Å²) < 4.78 is 0. The summed E-state index contributed by atoms with van der Waals surface area (Å²) in [4.78, 5) is 18.7. The highest BCUT2D eigenvalue weighted by molar-refractivity contribution is 5.66. The highest BCUT2D eigenvalue weighted by atomic mass is 16.4. The number of hydrogen-bond donors (Lipinski definition) is 4. The van der Waals surface area contributed by atoms with Gasteiger partial charge in [-0.25, -0.2) is 0 Å². The standard InChI is InChI=1S/C4H8O2.2C3H6O2/c1-4(2-5)3-6;2*1-2-3(4)5/h5-6H,1-3H2;2*2H2,1H3,(H,4,5). The van der Waals surface area contributed by atoms with Crippen LogP contribution in [0.25, 0.3) is 0 Å². The first-order chi connectivity index (χ1) is 7.35. The van der Waals surface area contributed by atoms with E-state index >= 15 is 0 Å². The Kier molecular flexibility index (Phi) is 20.1. The Bertz CT molecular complexity index is 179. The predicted octanol–water partition coefficient (Wildman–Crippen LogP) is 0.489. The Morgan fingerprint density at radius 3 is 1.12 bits per heavy atom. The van der Waals surface area contributed by atoms with Crippen LogP contribution in [0.3, 0.4) is 0 Å². The number of rotatable bonds is 4. The second-order valence-electron chi connectivity index (χ2n) is 2.56. The largest absolute Gasteiger partial charge is 0.481 e. The van der Waals surface area contributed by atoms with E-state index in [0.717, 1.165) is 0 Å². The van der Waals surface area contributed by atoms with Crippen molar-refractivity contribution >= 4 is 11.9 Å². The lowest BCUT2D eigenvalue weighted by molar-refractivity contribution is -0.137. The monoisotopic (exact) mass is 236 g/mol. The summed E-state index contributed by atoms with van der Waals surface area (Å²) in [6, 6.07) is 0. The molecular formula is C10H20O6. The zero-order chi connectivity index (χ0) is 13.6. The van der Waals surface area contributed by atoms with Crippen LogP contribution in [0, 0.1) is 0 Å². The van der Waals surface area contributed by atoms with Crippen molar-refractivity contribution in [2.24, 2.45) is 0 Å². The van der Waals surface area contributed by atoms with E-state index in [4.69, 9.17) is 20.4 Å². The molecule has 0 saturated heterocycles. The van der Waals surface area contributed by atoms with E-state index in [9.17, 15) is 9.59 Å². The van der Waals surface area contributed by atoms with Gasteiger partial charge in [0, 0.05) is 12.8 Å². The molecule has 0 aromatic rings. The summed E-state index contributed by atoms with van der Waals surface area (Å²) in [5.74, 6) is -1.49. The van der Waals surface area contributed by atoms with Crippen LogP contribution in [0.5, 0.6) is 0 Å². The van der Waals surface area contributed by atoms with E-state index < -0.39 is 11.9 Å². The highest BCUT2D eigenvalue weighted by Crippen LogP contribution is 1.79. The molecule has 0 fully saturated rings. The molecule has 0 aliphatic rings. The summed E-state index contributed by atoms with van der Waals surface area (Å²) in [6.45, 7) is 6.26. The summed E-state index contributed by atoms with van der Waals surface area (Å²) in [7, 11) is 0. The quantitative estimate of drug-likeness (QED) is 0.528. The molecule has 0 bridgehead atoms. The van der Waals surface area contributed by atoms with Gasteiger partial charge in [0.2, 0.25) is 0 Å². The Labute approximate surface area is 94.8 Å². The Balaban J connectivity index is -0.000000160. The predicted molar refractivity (Wildman–Crippen MR) is 59.2 cm³/mol. The molecule has 16 heavy (non-hydrogen) atoms. The van der Waals surface area contributed by atoms with Gasteiger partial charge < -0.3 is 20.4 Å². The molecule has 0 heterocycles. The van der Waals surface area contributed by atoms with Crippen LogP contribution in [0.15, 0.2) is 12.2 Å². The van der Waals surface area contributed by atoms with E-state index in [2.05, 4.69) is 6.58 Å². The molecular weight excluding hydrogens is 216 g/mol. The van der Waals surface area contributed by atoms with Crippen LogP contribution in [-0.4, -0.2) is 45.6 Å². The zero-order valence-electron chi connectivity index (χ0n) is 9.64. The first-order valence-electron chi connectivity index (χ1n) is 4.67. The third-order valence-corrected chi connectivity index (χ3v) is 1.05. The summed E-state index contributed by atoms with van der Waals surface area (Å²) >= 11 is 0. The molecule has 0 rings (SSSR count). The second kappa shape index (κ2) is 16.0. The van der Waals surface area contributed by atoms with Crippen molar-refractivity contribution in [2.45, 2.75) is 26.7 Å². The third-order valence-electron chi connectivity index (χ3n) is 1.05. The van der Waals surface area contributed by atoms with Gasteiger partial charge in [-0.05, 0) is 5.57 Å². The fraction of sp³-hybridized carbons (Fsp3) is 0.600. The molecule has 6 heteroatoms. The van der Waals surface area contributed by atoms with E-state index in [-0.39, 0.29) is 26.1 Å². The van der Waals surface area contributed by atoms with Gasteiger partial charge in [0.05, 0.1) is 13.2 Å². The first-order valence-corrected chi connectivity index (χ1v) is 4.67. The molecule has 96 valence electrons. The van der Waals surface area contributed by atoms with Gasteiger partial charge >= 0.3 is 11.9 Å². The lowest BCUT2D eigenvalue weighted by atomic mass is 10.4. The molecule has 4 N–H and O–H groups in total. The topological polar surface area (TPSA) is 115 Å². The van der Waals surface area contributed by atoms with Crippen LogP contribution >= 0.6 is 0 Å². The summed E-state index contributed by atoms with van der Waals surface area (Å²) in [5.41, 5.74) is 0.454. The summed E-state index contributed by atoms with van der Waals surface area (Å²) in [6.07, 6.45) is 0.444. The molecule has 0 saturated carbocycles. The lowest BCUT2D eigenvalue weighted by Crippen LogP contribution is -1.91. The van der Waals surface area contributed by atoms with Gasteiger partial charge in [0.15, 0.2) is 0 Å². The minimum atomic E-state index is -0.745. The average Bonchev–Trinajstić information content (AvgIpc) is 2.29. The Hall–Kier alpha value is -1.40. The van der Waals surface area contributed by atoms with Crippen molar-refractivity contribution in [1.29, 1.82) is 0 Å². The number of aliphatic hydroxyl groups excluding tert-OH is 2. The number of aliphatic hydroxyl groups is 2. The van der Waals surface area contributed by atoms with E-state index in [1.807, 2.05) is 0 Å². The second-order valence-corrected chi connectivity index (χ2v) is 2.56. The van der Waals surface area contributed by atoms with Gasteiger partial charge in [-0.1, -0.05) is 20.4 Å². The number of aliphatic carboxylic acids is 2. The van der Waals surface area contributed by atoms with Crippen molar-refractivity contribution < 1.29 is 30.0 Å². The molecule has 0 aliphatic heterocycles. The van der Waals surface area contributed by atoms with Crippen LogP contribution in [0.2, 0.25) is 0 Å². The van der Waals surface area contributed by atoms with Gasteiger partial charge in [0.25, 0.3) is 0 Å². The zero-order valence-corrected chi connectivity index (χ0v) is 9.64. The van der Waals surface area contributed by atoms with Crippen LogP contribution in [-0.2, 0) is 9.59 Å². The maximum atomic E-state index is 9.37. The minimum Gasteiger partial charge on any atom is -0.481 e. The lowest BCUT2D eigenvalue weighted by Gasteiger charge is -1.88. The fourth-order valence-corrected chi connectivity index (χ4v) is 0.0500. The van der Waals surface area contributed by atoms with Gasteiger partial charge in [-0.3, -0.25) is 9.59 Å². The molecule has 0 amide bonds. The molecule has 0 atom stereocenters. The molecule has 6 nitrogen and oxygen atoms in total. The first kappa shape index (κ1) is 20.1. The average molecular weight is 236 g/mol. The van der Waals surface area contributed by atoms with Gasteiger partial charge in [-0.2, -0.15) is 0 Å². The van der Waals surface area contributed by atoms with Crippen molar-refractivity contribution in [3.63, 3.8) is 0 Å². The van der Waals surface area contributed by atoms with Gasteiger partial charge in [-0.15, -0.1) is 0 Å². The summed E-state index contributed by atoms with van der Waals surface area (Å²) in [5, 5.41) is 31.6. The smallest absolute Gasteiger partial charge is 0.303 e. The number of hydrogen-bond acceptors (Lipinski definition) is 4. The molecule has 0 aromatic heterocycles. The van der Waals surface area contributed by atoms with Crippen LogP contribution < -0.4 is 0 Å². The molecule has 0 spiro atoms. The highest BCUT2D eigenvalue weighted by Gasteiger charge is 1.81. The number of carboxylic acids is 2. The van der Waals surface area contributed by atoms with E-state index in [1.165, 1.54) is 0 Å². The fourth-order valence-electron chi connectivity index (χ4n) is 0.0500. The van der Waals surface area contributed by atoms with Crippen LogP contribution in [0.1, 0.15) is 26.7 Å². The van der Waals surface area contributed by atoms with Crippen molar-refractivity contribution in [2.75, 3.05) is 13.2 Å². The maximum Gasteiger partial charge on any atom is 0.303 e. The van der Waals surface area contributed by atoms with Gasteiger partial charge in [0.1, 0.15) is 0 Å². The molecule has 0 radical (unpaired) electrons. The van der Waals surface area contributed by atoms with Crippen LogP contribution in [0.4, 0.5) is 0 Å². The molecule has 0 aromatic carbocycles. The molecule has 0 aliphatic carbocycles. The Morgan fingerprint density at radius 2 is 1.12 bits per heavy atom. The molecule has 0 unspecified atom stereocenters.